The molecule has 1 amide bonds. The topological polar surface area (TPSA) is 20.3 Å². The third-order valence-corrected chi connectivity index (χ3v) is 4.04. The number of hydrogen-bond acceptors (Lipinski definition) is 1. The Hall–Kier alpha value is -2.09. The summed E-state index contributed by atoms with van der Waals surface area (Å²) in [6.45, 7) is 5.54. The highest BCUT2D eigenvalue weighted by atomic mass is 16.2. The van der Waals surface area contributed by atoms with Gasteiger partial charge in [0.15, 0.2) is 0 Å². The summed E-state index contributed by atoms with van der Waals surface area (Å²) in [5, 5.41) is 0. The predicted octanol–water partition coefficient (Wildman–Crippen LogP) is 4.30. The van der Waals surface area contributed by atoms with E-state index < -0.39 is 0 Å². The molecule has 0 aliphatic rings. The molecule has 2 aromatic rings. The van der Waals surface area contributed by atoms with Crippen LogP contribution in [0.25, 0.3) is 0 Å². The second-order valence-electron chi connectivity index (χ2n) is 5.76. The van der Waals surface area contributed by atoms with Gasteiger partial charge in [-0.05, 0) is 30.9 Å². The van der Waals surface area contributed by atoms with Gasteiger partial charge in [0.05, 0.1) is 0 Å². The van der Waals surface area contributed by atoms with Crippen LogP contribution in [0.15, 0.2) is 60.7 Å². The monoisotopic (exact) mass is 295 g/mol. The van der Waals surface area contributed by atoms with E-state index in [1.54, 1.807) is 0 Å². The fraction of sp³-hybridized carbons (Fsp3) is 0.350. The Bertz CT molecular complexity index is 565. The number of amides is 1. The smallest absolute Gasteiger partial charge is 0.225 e. The summed E-state index contributed by atoms with van der Waals surface area (Å²) in [6, 6.07) is 20.6. The molecule has 2 nitrogen and oxygen atoms in total. The van der Waals surface area contributed by atoms with Crippen LogP contribution >= 0.6 is 0 Å². The van der Waals surface area contributed by atoms with E-state index in [0.29, 0.717) is 6.54 Å². The fourth-order valence-corrected chi connectivity index (χ4v) is 2.61. The van der Waals surface area contributed by atoms with E-state index in [0.717, 1.165) is 19.4 Å². The molecule has 0 heterocycles. The summed E-state index contributed by atoms with van der Waals surface area (Å²) in [7, 11) is 0. The lowest BCUT2D eigenvalue weighted by molar-refractivity contribution is -0.135. The lowest BCUT2D eigenvalue weighted by Crippen LogP contribution is -2.34. The average molecular weight is 295 g/mol. The standard InChI is InChI=1S/C20H25NO/c1-3-21(16-19-12-8-5-9-13-19)20(22)17(2)14-15-18-10-6-4-7-11-18/h4-13,17H,3,14-16H2,1-2H3. The van der Waals surface area contributed by atoms with Gasteiger partial charge in [-0.2, -0.15) is 0 Å². The number of carbonyl (C=O) groups excluding carboxylic acids is 1. The van der Waals surface area contributed by atoms with Gasteiger partial charge in [-0.3, -0.25) is 4.79 Å². The Kier molecular flexibility index (Phi) is 6.20. The minimum atomic E-state index is 0.0591. The van der Waals surface area contributed by atoms with E-state index in [2.05, 4.69) is 36.4 Å². The van der Waals surface area contributed by atoms with Crippen LogP contribution in [0, 0.1) is 5.92 Å². The van der Waals surface area contributed by atoms with Crippen molar-refractivity contribution >= 4 is 5.91 Å². The van der Waals surface area contributed by atoms with Gasteiger partial charge in [0, 0.05) is 19.0 Å². The van der Waals surface area contributed by atoms with Gasteiger partial charge in [0.1, 0.15) is 0 Å². The first-order valence-corrected chi connectivity index (χ1v) is 8.07. The molecule has 0 N–H and O–H groups in total. The third-order valence-electron chi connectivity index (χ3n) is 4.04. The number of benzene rings is 2. The number of aryl methyl sites for hydroxylation is 1. The van der Waals surface area contributed by atoms with Crippen molar-refractivity contribution in [3.05, 3.63) is 71.8 Å². The van der Waals surface area contributed by atoms with Gasteiger partial charge in [-0.1, -0.05) is 67.6 Å². The summed E-state index contributed by atoms with van der Waals surface area (Å²) >= 11 is 0. The van der Waals surface area contributed by atoms with E-state index in [4.69, 9.17) is 0 Å². The van der Waals surface area contributed by atoms with E-state index in [9.17, 15) is 4.79 Å². The Balaban J connectivity index is 1.90. The van der Waals surface area contributed by atoms with Crippen molar-refractivity contribution in [1.29, 1.82) is 0 Å². The quantitative estimate of drug-likeness (QED) is 0.745. The first kappa shape index (κ1) is 16.3. The zero-order chi connectivity index (χ0) is 15.8. The molecule has 0 spiro atoms. The molecule has 1 atom stereocenters. The van der Waals surface area contributed by atoms with Crippen LogP contribution in [0.3, 0.4) is 0 Å². The van der Waals surface area contributed by atoms with Crippen molar-refractivity contribution < 1.29 is 4.79 Å². The zero-order valence-electron chi connectivity index (χ0n) is 13.5. The molecule has 0 saturated heterocycles. The van der Waals surface area contributed by atoms with Crippen molar-refractivity contribution in [2.75, 3.05) is 6.54 Å². The van der Waals surface area contributed by atoms with Crippen LogP contribution in [-0.4, -0.2) is 17.4 Å². The van der Waals surface area contributed by atoms with Gasteiger partial charge in [0.2, 0.25) is 5.91 Å². The fourth-order valence-electron chi connectivity index (χ4n) is 2.61. The molecule has 0 aromatic heterocycles. The number of rotatable bonds is 7. The normalized spacial score (nSPS) is 11.9. The van der Waals surface area contributed by atoms with Crippen molar-refractivity contribution in [2.45, 2.75) is 33.2 Å². The SMILES string of the molecule is CCN(Cc1ccccc1)C(=O)C(C)CCc1ccccc1. The molecule has 2 rings (SSSR count). The van der Waals surface area contributed by atoms with Gasteiger partial charge in [-0.15, -0.1) is 0 Å². The first-order chi connectivity index (χ1) is 10.7. The molecular formula is C20H25NO. The van der Waals surface area contributed by atoms with Crippen LogP contribution in [0.2, 0.25) is 0 Å². The highest BCUT2D eigenvalue weighted by Gasteiger charge is 2.19. The van der Waals surface area contributed by atoms with Crippen LogP contribution in [0.4, 0.5) is 0 Å². The van der Waals surface area contributed by atoms with Crippen LogP contribution in [0.5, 0.6) is 0 Å². The average Bonchev–Trinajstić information content (AvgIpc) is 2.58. The molecule has 0 aliphatic carbocycles. The van der Waals surface area contributed by atoms with E-state index in [-0.39, 0.29) is 11.8 Å². The van der Waals surface area contributed by atoms with Gasteiger partial charge < -0.3 is 4.90 Å². The van der Waals surface area contributed by atoms with Crippen molar-refractivity contribution in [2.24, 2.45) is 5.92 Å². The highest BCUT2D eigenvalue weighted by molar-refractivity contribution is 5.78. The second-order valence-corrected chi connectivity index (χ2v) is 5.76. The zero-order valence-corrected chi connectivity index (χ0v) is 13.5. The summed E-state index contributed by atoms with van der Waals surface area (Å²) in [4.78, 5) is 14.6. The number of carbonyl (C=O) groups is 1. The van der Waals surface area contributed by atoms with Gasteiger partial charge in [0.25, 0.3) is 0 Å². The summed E-state index contributed by atoms with van der Waals surface area (Å²) in [6.07, 6.45) is 1.85. The Labute approximate surface area is 133 Å². The number of nitrogens with zero attached hydrogens (tertiary/aromatic N) is 1. The maximum Gasteiger partial charge on any atom is 0.225 e. The van der Waals surface area contributed by atoms with Gasteiger partial charge >= 0.3 is 0 Å². The Morgan fingerprint density at radius 2 is 1.50 bits per heavy atom. The first-order valence-electron chi connectivity index (χ1n) is 8.07. The maximum absolute atomic E-state index is 12.6. The molecule has 0 saturated carbocycles. The van der Waals surface area contributed by atoms with Crippen molar-refractivity contribution in [3.63, 3.8) is 0 Å². The van der Waals surface area contributed by atoms with Crippen LogP contribution in [0.1, 0.15) is 31.4 Å². The predicted molar refractivity (Wildman–Crippen MR) is 91.5 cm³/mol. The minimum Gasteiger partial charge on any atom is -0.338 e. The van der Waals surface area contributed by atoms with Crippen LogP contribution < -0.4 is 0 Å². The molecule has 116 valence electrons. The molecule has 0 aliphatic heterocycles. The summed E-state index contributed by atoms with van der Waals surface area (Å²) in [5.74, 6) is 0.311. The summed E-state index contributed by atoms with van der Waals surface area (Å²) in [5.41, 5.74) is 2.49. The maximum atomic E-state index is 12.6. The molecule has 0 radical (unpaired) electrons. The van der Waals surface area contributed by atoms with E-state index in [1.165, 1.54) is 11.1 Å². The molecule has 2 heteroatoms. The third kappa shape index (κ3) is 4.73. The molecule has 0 fully saturated rings. The molecule has 2 aromatic carbocycles. The largest absolute Gasteiger partial charge is 0.338 e. The minimum absolute atomic E-state index is 0.0591. The molecule has 1 unspecified atom stereocenters. The lowest BCUT2D eigenvalue weighted by Gasteiger charge is -2.24. The lowest BCUT2D eigenvalue weighted by atomic mass is 9.99. The molecular weight excluding hydrogens is 270 g/mol. The highest BCUT2D eigenvalue weighted by Crippen LogP contribution is 2.14. The van der Waals surface area contributed by atoms with Crippen molar-refractivity contribution in [1.82, 2.24) is 4.90 Å². The van der Waals surface area contributed by atoms with Crippen molar-refractivity contribution in [3.8, 4) is 0 Å². The number of hydrogen-bond donors (Lipinski definition) is 0. The Morgan fingerprint density at radius 1 is 0.955 bits per heavy atom. The Morgan fingerprint density at radius 3 is 2.05 bits per heavy atom. The van der Waals surface area contributed by atoms with E-state index in [1.807, 2.05) is 43.0 Å². The van der Waals surface area contributed by atoms with Crippen LogP contribution in [-0.2, 0) is 17.8 Å². The van der Waals surface area contributed by atoms with E-state index >= 15 is 0 Å². The molecule has 22 heavy (non-hydrogen) atoms. The van der Waals surface area contributed by atoms with Gasteiger partial charge in [-0.25, -0.2) is 0 Å². The molecule has 0 bridgehead atoms. The second kappa shape index (κ2) is 8.38. The summed E-state index contributed by atoms with van der Waals surface area (Å²) < 4.78 is 0.